The monoisotopic (exact) mass is 439 g/mol. The second-order valence-corrected chi connectivity index (χ2v) is 8.36. The molecule has 0 radical (unpaired) electrons. The van der Waals surface area contributed by atoms with Gasteiger partial charge in [0, 0.05) is 37.6 Å². The van der Waals surface area contributed by atoms with Crippen molar-refractivity contribution in [2.24, 2.45) is 0 Å². The van der Waals surface area contributed by atoms with Crippen LogP contribution in [0.1, 0.15) is 34.3 Å². The van der Waals surface area contributed by atoms with E-state index in [1.165, 1.54) is 0 Å². The van der Waals surface area contributed by atoms with E-state index in [1.54, 1.807) is 35.2 Å². The predicted octanol–water partition coefficient (Wildman–Crippen LogP) is 3.62. The maximum atomic E-state index is 13.6. The van der Waals surface area contributed by atoms with Gasteiger partial charge in [-0.2, -0.15) is 0 Å². The SMILES string of the molecule is Cc1cccc(-n2c(N3CCCC3)nc3cc(C(=O)NCc4ccncc4)ccc3c2=O)c1. The number of rotatable bonds is 5. The highest BCUT2D eigenvalue weighted by Gasteiger charge is 2.21. The molecule has 1 N–H and O–H groups in total. The number of benzene rings is 2. The Kier molecular flexibility index (Phi) is 5.60. The minimum Gasteiger partial charge on any atom is -0.348 e. The van der Waals surface area contributed by atoms with E-state index in [0.29, 0.717) is 29.0 Å². The van der Waals surface area contributed by atoms with Gasteiger partial charge in [-0.15, -0.1) is 0 Å². The molecule has 0 unspecified atom stereocenters. The molecule has 166 valence electrons. The first-order valence-electron chi connectivity index (χ1n) is 11.2. The van der Waals surface area contributed by atoms with Crippen molar-refractivity contribution in [3.63, 3.8) is 0 Å². The Morgan fingerprint density at radius 2 is 1.82 bits per heavy atom. The first-order valence-corrected chi connectivity index (χ1v) is 11.2. The summed E-state index contributed by atoms with van der Waals surface area (Å²) in [5.41, 5.74) is 3.72. The fourth-order valence-electron chi connectivity index (χ4n) is 4.23. The van der Waals surface area contributed by atoms with Crippen LogP contribution < -0.4 is 15.8 Å². The van der Waals surface area contributed by atoms with Crippen LogP contribution in [0.15, 0.2) is 71.8 Å². The Bertz CT molecular complexity index is 1370. The second kappa shape index (κ2) is 8.86. The van der Waals surface area contributed by atoms with Crippen LogP contribution in [0.4, 0.5) is 5.95 Å². The Morgan fingerprint density at radius 3 is 2.58 bits per heavy atom. The minimum absolute atomic E-state index is 0.128. The van der Waals surface area contributed by atoms with E-state index in [0.717, 1.165) is 42.7 Å². The molecular weight excluding hydrogens is 414 g/mol. The molecule has 2 aromatic carbocycles. The van der Waals surface area contributed by atoms with Gasteiger partial charge in [-0.1, -0.05) is 12.1 Å². The fourth-order valence-corrected chi connectivity index (χ4v) is 4.23. The molecule has 0 atom stereocenters. The van der Waals surface area contributed by atoms with Crippen molar-refractivity contribution >= 4 is 22.8 Å². The van der Waals surface area contributed by atoms with E-state index >= 15 is 0 Å². The van der Waals surface area contributed by atoms with Crippen molar-refractivity contribution in [3.8, 4) is 5.69 Å². The van der Waals surface area contributed by atoms with Crippen molar-refractivity contribution in [3.05, 3.63) is 94.0 Å². The van der Waals surface area contributed by atoms with Crippen LogP contribution in [0, 0.1) is 6.92 Å². The highest BCUT2D eigenvalue weighted by molar-refractivity contribution is 5.97. The number of nitrogens with one attached hydrogen (secondary N) is 1. The molecule has 7 heteroatoms. The lowest BCUT2D eigenvalue weighted by atomic mass is 10.1. The zero-order valence-electron chi connectivity index (χ0n) is 18.5. The van der Waals surface area contributed by atoms with Crippen molar-refractivity contribution in [2.75, 3.05) is 18.0 Å². The molecule has 1 aliphatic rings. The first kappa shape index (κ1) is 20.9. The van der Waals surface area contributed by atoms with E-state index in [4.69, 9.17) is 4.98 Å². The van der Waals surface area contributed by atoms with Gasteiger partial charge in [0.2, 0.25) is 5.95 Å². The van der Waals surface area contributed by atoms with E-state index < -0.39 is 0 Å². The van der Waals surface area contributed by atoms with Gasteiger partial charge in [0.1, 0.15) is 0 Å². The summed E-state index contributed by atoms with van der Waals surface area (Å²) in [6, 6.07) is 16.7. The summed E-state index contributed by atoms with van der Waals surface area (Å²) < 4.78 is 1.70. The summed E-state index contributed by atoms with van der Waals surface area (Å²) in [5, 5.41) is 3.41. The van der Waals surface area contributed by atoms with Gasteiger partial charge in [0.05, 0.1) is 16.6 Å². The molecule has 1 saturated heterocycles. The number of aromatic nitrogens is 3. The van der Waals surface area contributed by atoms with E-state index in [9.17, 15) is 9.59 Å². The average Bonchev–Trinajstić information content (AvgIpc) is 3.38. The smallest absolute Gasteiger partial charge is 0.267 e. The molecule has 0 aliphatic carbocycles. The Morgan fingerprint density at radius 1 is 1.03 bits per heavy atom. The molecule has 0 bridgehead atoms. The summed E-state index contributed by atoms with van der Waals surface area (Å²) >= 11 is 0. The van der Waals surface area contributed by atoms with Crippen LogP contribution in [0.25, 0.3) is 16.6 Å². The predicted molar refractivity (Wildman–Crippen MR) is 129 cm³/mol. The number of aryl methyl sites for hydroxylation is 1. The van der Waals surface area contributed by atoms with Crippen LogP contribution in [0.3, 0.4) is 0 Å². The molecule has 5 rings (SSSR count). The Labute approximate surface area is 191 Å². The number of pyridine rings is 1. The summed E-state index contributed by atoms with van der Waals surface area (Å²) in [6.45, 7) is 4.13. The topological polar surface area (TPSA) is 80.1 Å². The highest BCUT2D eigenvalue weighted by Crippen LogP contribution is 2.24. The molecule has 3 heterocycles. The standard InChI is InChI=1S/C26H25N5O2/c1-18-5-4-6-21(15-18)31-25(33)22-8-7-20(24(32)28-17-19-9-11-27-12-10-19)16-23(22)29-26(31)30-13-2-3-14-30/h4-12,15-16H,2-3,13-14,17H2,1H3,(H,28,32). The average molecular weight is 440 g/mol. The third kappa shape index (κ3) is 4.22. The molecule has 1 aliphatic heterocycles. The lowest BCUT2D eigenvalue weighted by Crippen LogP contribution is -2.30. The first-order chi connectivity index (χ1) is 16.1. The van der Waals surface area contributed by atoms with Crippen LogP contribution >= 0.6 is 0 Å². The van der Waals surface area contributed by atoms with Gasteiger partial charge in [-0.05, 0) is 73.4 Å². The maximum Gasteiger partial charge on any atom is 0.267 e. The van der Waals surface area contributed by atoms with E-state index in [1.807, 2.05) is 43.3 Å². The van der Waals surface area contributed by atoms with Gasteiger partial charge >= 0.3 is 0 Å². The lowest BCUT2D eigenvalue weighted by molar-refractivity contribution is 0.0951. The van der Waals surface area contributed by atoms with Gasteiger partial charge in [-0.3, -0.25) is 14.6 Å². The number of carbonyl (C=O) groups is 1. The molecule has 33 heavy (non-hydrogen) atoms. The number of carbonyl (C=O) groups excluding carboxylic acids is 1. The molecule has 4 aromatic rings. The van der Waals surface area contributed by atoms with Gasteiger partial charge in [-0.25, -0.2) is 9.55 Å². The van der Waals surface area contributed by atoms with Gasteiger partial charge in [0.25, 0.3) is 11.5 Å². The summed E-state index contributed by atoms with van der Waals surface area (Å²) in [5.74, 6) is 0.422. The molecular formula is C26H25N5O2. The molecule has 7 nitrogen and oxygen atoms in total. The van der Waals surface area contributed by atoms with Crippen LogP contribution in [-0.2, 0) is 6.54 Å². The Balaban J connectivity index is 1.56. The summed E-state index contributed by atoms with van der Waals surface area (Å²) in [4.78, 5) is 37.4. The normalized spacial score (nSPS) is 13.4. The summed E-state index contributed by atoms with van der Waals surface area (Å²) in [7, 11) is 0. The van der Waals surface area contributed by atoms with Crippen molar-refractivity contribution in [1.82, 2.24) is 19.9 Å². The lowest BCUT2D eigenvalue weighted by Gasteiger charge is -2.22. The largest absolute Gasteiger partial charge is 0.348 e. The fraction of sp³-hybridized carbons (Fsp3) is 0.231. The quantitative estimate of drug-likeness (QED) is 0.514. The molecule has 1 amide bonds. The molecule has 1 fully saturated rings. The number of hydrogen-bond donors (Lipinski definition) is 1. The number of fused-ring (bicyclic) bond motifs is 1. The molecule has 2 aromatic heterocycles. The van der Waals surface area contributed by atoms with Crippen LogP contribution in [-0.4, -0.2) is 33.5 Å². The van der Waals surface area contributed by atoms with E-state index in [2.05, 4.69) is 15.2 Å². The third-order valence-corrected chi connectivity index (χ3v) is 5.97. The number of nitrogens with zero attached hydrogens (tertiary/aromatic N) is 4. The van der Waals surface area contributed by atoms with Crippen LogP contribution in [0.2, 0.25) is 0 Å². The maximum absolute atomic E-state index is 13.6. The minimum atomic E-state index is -0.207. The molecule has 0 saturated carbocycles. The second-order valence-electron chi connectivity index (χ2n) is 8.36. The zero-order chi connectivity index (χ0) is 22.8. The Hall–Kier alpha value is -4.00. The third-order valence-electron chi connectivity index (χ3n) is 5.97. The van der Waals surface area contributed by atoms with Crippen molar-refractivity contribution < 1.29 is 4.79 Å². The summed E-state index contributed by atoms with van der Waals surface area (Å²) in [6.07, 6.45) is 5.53. The van der Waals surface area contributed by atoms with Gasteiger partial charge < -0.3 is 10.2 Å². The number of anilines is 1. The number of hydrogen-bond acceptors (Lipinski definition) is 5. The molecule has 0 spiro atoms. The van der Waals surface area contributed by atoms with Crippen molar-refractivity contribution in [2.45, 2.75) is 26.3 Å². The zero-order valence-corrected chi connectivity index (χ0v) is 18.5. The van der Waals surface area contributed by atoms with Gasteiger partial charge in [0.15, 0.2) is 0 Å². The number of amides is 1. The highest BCUT2D eigenvalue weighted by atomic mass is 16.1. The van der Waals surface area contributed by atoms with Crippen molar-refractivity contribution in [1.29, 1.82) is 0 Å². The van der Waals surface area contributed by atoms with E-state index in [-0.39, 0.29) is 11.5 Å². The van der Waals surface area contributed by atoms with Crippen LogP contribution in [0.5, 0.6) is 0 Å².